The Labute approximate surface area is 85.5 Å². The maximum Gasteiger partial charge on any atom is 0.0534 e. The normalized spacial score (nSPS) is 19.2. The van der Waals surface area contributed by atoms with Crippen LogP contribution in [0, 0.1) is 5.92 Å². The summed E-state index contributed by atoms with van der Waals surface area (Å²) in [6.07, 6.45) is 8.09. The summed E-state index contributed by atoms with van der Waals surface area (Å²) in [6.45, 7) is 4.30. The molecule has 0 aromatic carbocycles. The van der Waals surface area contributed by atoms with Crippen molar-refractivity contribution in [1.29, 1.82) is 0 Å². The van der Waals surface area contributed by atoms with Crippen molar-refractivity contribution < 1.29 is 0 Å². The predicted molar refractivity (Wildman–Crippen MR) is 57.0 cm³/mol. The van der Waals surface area contributed by atoms with E-state index in [1.807, 2.05) is 23.1 Å². The summed E-state index contributed by atoms with van der Waals surface area (Å²) in [6, 6.07) is 2.65. The molecule has 3 nitrogen and oxygen atoms in total. The van der Waals surface area contributed by atoms with Gasteiger partial charge in [-0.25, -0.2) is 0 Å². The van der Waals surface area contributed by atoms with E-state index in [1.165, 1.54) is 19.3 Å². The van der Waals surface area contributed by atoms with Gasteiger partial charge in [0.25, 0.3) is 0 Å². The number of aromatic nitrogens is 2. The van der Waals surface area contributed by atoms with E-state index in [1.54, 1.807) is 0 Å². The molecular formula is C11H19N3. The molecule has 0 aliphatic heterocycles. The van der Waals surface area contributed by atoms with Crippen molar-refractivity contribution in [3.63, 3.8) is 0 Å². The predicted octanol–water partition coefficient (Wildman–Crippen LogP) is 1.66. The van der Waals surface area contributed by atoms with Gasteiger partial charge in [-0.05, 0) is 31.7 Å². The van der Waals surface area contributed by atoms with E-state index in [2.05, 4.69) is 17.3 Å². The third kappa shape index (κ3) is 2.35. The first-order valence-electron chi connectivity index (χ1n) is 5.57. The molecule has 1 saturated carbocycles. The summed E-state index contributed by atoms with van der Waals surface area (Å²) in [7, 11) is 0. The maximum atomic E-state index is 4.17. The van der Waals surface area contributed by atoms with E-state index >= 15 is 0 Å². The van der Waals surface area contributed by atoms with Gasteiger partial charge in [0.05, 0.1) is 6.54 Å². The largest absolute Gasteiger partial charge is 0.312 e. The van der Waals surface area contributed by atoms with E-state index in [0.29, 0.717) is 6.04 Å². The molecule has 1 aromatic rings. The Balaban J connectivity index is 1.62. The molecule has 0 spiro atoms. The van der Waals surface area contributed by atoms with Crippen molar-refractivity contribution in [2.45, 2.75) is 38.8 Å². The Morgan fingerprint density at radius 2 is 2.43 bits per heavy atom. The molecule has 1 fully saturated rings. The topological polar surface area (TPSA) is 29.9 Å². The van der Waals surface area contributed by atoms with Crippen molar-refractivity contribution >= 4 is 0 Å². The lowest BCUT2D eigenvalue weighted by Crippen LogP contribution is -2.38. The zero-order chi connectivity index (χ0) is 9.80. The van der Waals surface area contributed by atoms with Crippen LogP contribution in [0.2, 0.25) is 0 Å². The highest BCUT2D eigenvalue weighted by Crippen LogP contribution is 2.29. The highest BCUT2D eigenvalue weighted by Gasteiger charge is 2.22. The van der Waals surface area contributed by atoms with Crippen LogP contribution >= 0.6 is 0 Å². The number of nitrogens with one attached hydrogen (secondary N) is 1. The summed E-state index contributed by atoms with van der Waals surface area (Å²) in [4.78, 5) is 0. The highest BCUT2D eigenvalue weighted by molar-refractivity contribution is 4.80. The lowest BCUT2D eigenvalue weighted by Gasteiger charge is -2.32. The van der Waals surface area contributed by atoms with Crippen LogP contribution in [0.5, 0.6) is 0 Å². The van der Waals surface area contributed by atoms with Crippen LogP contribution in [0.25, 0.3) is 0 Å². The van der Waals surface area contributed by atoms with Gasteiger partial charge in [0, 0.05) is 25.0 Å². The van der Waals surface area contributed by atoms with Crippen LogP contribution in [0.15, 0.2) is 18.5 Å². The van der Waals surface area contributed by atoms with Gasteiger partial charge in [0.15, 0.2) is 0 Å². The third-order valence-corrected chi connectivity index (χ3v) is 3.22. The highest BCUT2D eigenvalue weighted by atomic mass is 15.3. The van der Waals surface area contributed by atoms with Crippen molar-refractivity contribution in [2.24, 2.45) is 5.92 Å². The zero-order valence-corrected chi connectivity index (χ0v) is 8.82. The van der Waals surface area contributed by atoms with Crippen LogP contribution < -0.4 is 5.32 Å². The van der Waals surface area contributed by atoms with Gasteiger partial charge in [-0.1, -0.05) is 6.42 Å². The summed E-state index contributed by atoms with van der Waals surface area (Å²) in [5, 5.41) is 7.73. The fourth-order valence-corrected chi connectivity index (χ4v) is 1.95. The van der Waals surface area contributed by atoms with E-state index in [4.69, 9.17) is 0 Å². The Kier molecular flexibility index (Phi) is 3.19. The smallest absolute Gasteiger partial charge is 0.0534 e. The monoisotopic (exact) mass is 193 g/mol. The molecule has 0 amide bonds. The SMILES string of the molecule is CC(NCCn1cccn1)C1CCC1. The molecule has 78 valence electrons. The third-order valence-electron chi connectivity index (χ3n) is 3.22. The minimum absolute atomic E-state index is 0.680. The summed E-state index contributed by atoms with van der Waals surface area (Å²) >= 11 is 0. The van der Waals surface area contributed by atoms with Gasteiger partial charge in [-0.3, -0.25) is 4.68 Å². The molecule has 1 N–H and O–H groups in total. The van der Waals surface area contributed by atoms with Crippen molar-refractivity contribution in [1.82, 2.24) is 15.1 Å². The van der Waals surface area contributed by atoms with E-state index in [9.17, 15) is 0 Å². The second-order valence-corrected chi connectivity index (χ2v) is 4.20. The van der Waals surface area contributed by atoms with Gasteiger partial charge < -0.3 is 5.32 Å². The molecule has 0 bridgehead atoms. The number of hydrogen-bond donors (Lipinski definition) is 1. The minimum atomic E-state index is 0.680. The Bertz CT molecular complexity index is 252. The molecule has 1 aliphatic carbocycles. The molecule has 1 aliphatic rings. The first-order valence-corrected chi connectivity index (χ1v) is 5.57. The minimum Gasteiger partial charge on any atom is -0.312 e. The van der Waals surface area contributed by atoms with Crippen LogP contribution in [0.4, 0.5) is 0 Å². The fraction of sp³-hybridized carbons (Fsp3) is 0.727. The Morgan fingerprint density at radius 1 is 1.57 bits per heavy atom. The van der Waals surface area contributed by atoms with Gasteiger partial charge in [-0.15, -0.1) is 0 Å². The molecule has 0 radical (unpaired) electrons. The fourth-order valence-electron chi connectivity index (χ4n) is 1.95. The van der Waals surface area contributed by atoms with Gasteiger partial charge in [0.1, 0.15) is 0 Å². The number of rotatable bonds is 5. The molecule has 14 heavy (non-hydrogen) atoms. The quantitative estimate of drug-likeness (QED) is 0.770. The average molecular weight is 193 g/mol. The maximum absolute atomic E-state index is 4.17. The number of nitrogens with zero attached hydrogens (tertiary/aromatic N) is 2. The zero-order valence-electron chi connectivity index (χ0n) is 8.82. The molecule has 1 heterocycles. The molecule has 0 saturated heterocycles. The summed E-state index contributed by atoms with van der Waals surface area (Å²) in [5.41, 5.74) is 0. The van der Waals surface area contributed by atoms with Crippen LogP contribution in [-0.2, 0) is 6.54 Å². The van der Waals surface area contributed by atoms with Crippen LogP contribution in [-0.4, -0.2) is 22.4 Å². The molecule has 1 atom stereocenters. The van der Waals surface area contributed by atoms with E-state index < -0.39 is 0 Å². The Hall–Kier alpha value is -0.830. The second kappa shape index (κ2) is 4.60. The van der Waals surface area contributed by atoms with E-state index in [-0.39, 0.29) is 0 Å². The molecule has 1 aromatic heterocycles. The standard InChI is InChI=1S/C11H19N3/c1-10(11-4-2-5-11)12-7-9-14-8-3-6-13-14/h3,6,8,10-12H,2,4-5,7,9H2,1H3. The van der Waals surface area contributed by atoms with Crippen LogP contribution in [0.1, 0.15) is 26.2 Å². The number of hydrogen-bond acceptors (Lipinski definition) is 2. The lowest BCUT2D eigenvalue weighted by atomic mass is 9.80. The van der Waals surface area contributed by atoms with Gasteiger partial charge >= 0.3 is 0 Å². The van der Waals surface area contributed by atoms with Gasteiger partial charge in [-0.2, -0.15) is 5.10 Å². The van der Waals surface area contributed by atoms with Crippen molar-refractivity contribution in [2.75, 3.05) is 6.54 Å². The average Bonchev–Trinajstić information content (AvgIpc) is 2.53. The van der Waals surface area contributed by atoms with Crippen molar-refractivity contribution in [3.8, 4) is 0 Å². The van der Waals surface area contributed by atoms with Crippen molar-refractivity contribution in [3.05, 3.63) is 18.5 Å². The lowest BCUT2D eigenvalue weighted by molar-refractivity contribution is 0.239. The van der Waals surface area contributed by atoms with Crippen LogP contribution in [0.3, 0.4) is 0 Å². The Morgan fingerprint density at radius 3 is 3.00 bits per heavy atom. The van der Waals surface area contributed by atoms with E-state index in [0.717, 1.165) is 19.0 Å². The summed E-state index contributed by atoms with van der Waals surface area (Å²) in [5.74, 6) is 0.924. The first-order chi connectivity index (χ1) is 6.86. The van der Waals surface area contributed by atoms with Gasteiger partial charge in [0.2, 0.25) is 0 Å². The first kappa shape index (κ1) is 9.71. The molecule has 1 unspecified atom stereocenters. The molecular weight excluding hydrogens is 174 g/mol. The second-order valence-electron chi connectivity index (χ2n) is 4.20. The summed E-state index contributed by atoms with van der Waals surface area (Å²) < 4.78 is 1.97. The molecule has 3 heteroatoms. The molecule has 2 rings (SSSR count).